The molecule has 0 aliphatic rings. The van der Waals surface area contributed by atoms with Crippen LogP contribution in [0.4, 0.5) is 0 Å². The number of benzene rings is 1. The normalized spacial score (nSPS) is 9.71. The smallest absolute Gasteiger partial charge is 0.0262 e. The van der Waals surface area contributed by atoms with Crippen molar-refractivity contribution in [2.24, 2.45) is 0 Å². The van der Waals surface area contributed by atoms with Crippen molar-refractivity contribution in [3.8, 4) is 0 Å². The third-order valence-electron chi connectivity index (χ3n) is 2.34. The Morgan fingerprint density at radius 1 is 1.00 bits per heavy atom. The van der Waals surface area contributed by atoms with Gasteiger partial charge in [0.2, 0.25) is 0 Å². The van der Waals surface area contributed by atoms with Crippen LogP contribution in [0.15, 0.2) is 43.5 Å². The highest BCUT2D eigenvalue weighted by molar-refractivity contribution is 5.47. The summed E-state index contributed by atoms with van der Waals surface area (Å²) in [7, 11) is 0. The number of allylic oxidation sites excluding steroid dienone is 1. The molecule has 0 aromatic heterocycles. The van der Waals surface area contributed by atoms with Gasteiger partial charge in [0.15, 0.2) is 0 Å². The van der Waals surface area contributed by atoms with Gasteiger partial charge < -0.3 is 0 Å². The highest BCUT2D eigenvalue weighted by atomic mass is 14.0. The molecule has 0 fully saturated rings. The standard InChI is InChI=1S/C14H18/c1-3-5-6-7-8-14-11-9-13(4-2)10-12-14/h3-4,9-12H,1-2,5-8H2. The third-order valence-corrected chi connectivity index (χ3v) is 2.34. The van der Waals surface area contributed by atoms with Crippen LogP contribution in [0, 0.1) is 0 Å². The summed E-state index contributed by atoms with van der Waals surface area (Å²) in [5, 5.41) is 0. The first-order valence-corrected chi connectivity index (χ1v) is 5.19. The second-order valence-corrected chi connectivity index (χ2v) is 3.48. The van der Waals surface area contributed by atoms with E-state index in [0.29, 0.717) is 0 Å². The summed E-state index contributed by atoms with van der Waals surface area (Å²) in [5.41, 5.74) is 2.61. The van der Waals surface area contributed by atoms with Crippen molar-refractivity contribution in [3.63, 3.8) is 0 Å². The molecule has 0 spiro atoms. The molecule has 14 heavy (non-hydrogen) atoms. The average Bonchev–Trinajstić information content (AvgIpc) is 2.25. The Morgan fingerprint density at radius 2 is 1.71 bits per heavy atom. The Kier molecular flexibility index (Phi) is 4.77. The Bertz CT molecular complexity index is 279. The van der Waals surface area contributed by atoms with Crippen LogP contribution in [0.2, 0.25) is 0 Å². The number of hydrogen-bond donors (Lipinski definition) is 0. The predicted octanol–water partition coefficient (Wildman–Crippen LogP) is 4.23. The Morgan fingerprint density at radius 3 is 2.29 bits per heavy atom. The minimum Gasteiger partial charge on any atom is -0.103 e. The summed E-state index contributed by atoms with van der Waals surface area (Å²) in [6, 6.07) is 8.61. The molecule has 1 aromatic rings. The van der Waals surface area contributed by atoms with E-state index < -0.39 is 0 Å². The highest BCUT2D eigenvalue weighted by Crippen LogP contribution is 2.09. The van der Waals surface area contributed by atoms with E-state index in [-0.39, 0.29) is 0 Å². The molecule has 0 atom stereocenters. The van der Waals surface area contributed by atoms with Crippen molar-refractivity contribution in [1.82, 2.24) is 0 Å². The molecule has 0 heterocycles. The van der Waals surface area contributed by atoms with Crippen LogP contribution < -0.4 is 0 Å². The van der Waals surface area contributed by atoms with Crippen molar-refractivity contribution in [3.05, 3.63) is 54.6 Å². The Balaban J connectivity index is 2.36. The van der Waals surface area contributed by atoms with E-state index in [1.165, 1.54) is 30.4 Å². The maximum absolute atomic E-state index is 3.74. The largest absolute Gasteiger partial charge is 0.103 e. The van der Waals surface area contributed by atoms with Crippen LogP contribution in [-0.2, 0) is 6.42 Å². The number of aryl methyl sites for hydroxylation is 1. The molecule has 74 valence electrons. The summed E-state index contributed by atoms with van der Waals surface area (Å²) in [4.78, 5) is 0. The number of rotatable bonds is 6. The van der Waals surface area contributed by atoms with Crippen molar-refractivity contribution >= 4 is 6.08 Å². The van der Waals surface area contributed by atoms with Gasteiger partial charge in [0.05, 0.1) is 0 Å². The lowest BCUT2D eigenvalue weighted by Crippen LogP contribution is -1.85. The van der Waals surface area contributed by atoms with Gasteiger partial charge in [-0.3, -0.25) is 0 Å². The summed E-state index contributed by atoms with van der Waals surface area (Å²) < 4.78 is 0. The fourth-order valence-electron chi connectivity index (χ4n) is 1.44. The number of unbranched alkanes of at least 4 members (excludes halogenated alkanes) is 2. The quantitative estimate of drug-likeness (QED) is 0.460. The van der Waals surface area contributed by atoms with Crippen LogP contribution in [0.5, 0.6) is 0 Å². The minimum atomic E-state index is 1.13. The second kappa shape index (κ2) is 6.20. The number of hydrogen-bond acceptors (Lipinski definition) is 0. The van der Waals surface area contributed by atoms with E-state index in [4.69, 9.17) is 0 Å². The monoisotopic (exact) mass is 186 g/mol. The zero-order chi connectivity index (χ0) is 10.2. The first-order valence-electron chi connectivity index (χ1n) is 5.19. The zero-order valence-corrected chi connectivity index (χ0v) is 8.71. The summed E-state index contributed by atoms with van der Waals surface area (Å²) >= 11 is 0. The van der Waals surface area contributed by atoms with Crippen molar-refractivity contribution in [2.75, 3.05) is 0 Å². The fraction of sp³-hybridized carbons (Fsp3) is 0.286. The van der Waals surface area contributed by atoms with Crippen molar-refractivity contribution < 1.29 is 0 Å². The fourth-order valence-corrected chi connectivity index (χ4v) is 1.44. The van der Waals surface area contributed by atoms with Crippen LogP contribution in [0.3, 0.4) is 0 Å². The van der Waals surface area contributed by atoms with E-state index >= 15 is 0 Å². The van der Waals surface area contributed by atoms with Gasteiger partial charge in [0.1, 0.15) is 0 Å². The molecule has 1 rings (SSSR count). The highest BCUT2D eigenvalue weighted by Gasteiger charge is 1.92. The van der Waals surface area contributed by atoms with Gasteiger partial charge in [0.25, 0.3) is 0 Å². The molecular weight excluding hydrogens is 168 g/mol. The lowest BCUT2D eigenvalue weighted by molar-refractivity contribution is 0.748. The average molecular weight is 186 g/mol. The van der Waals surface area contributed by atoms with Gasteiger partial charge in [-0.05, 0) is 36.8 Å². The molecule has 0 saturated heterocycles. The molecule has 0 bridgehead atoms. The van der Waals surface area contributed by atoms with Crippen LogP contribution in [0.25, 0.3) is 6.08 Å². The van der Waals surface area contributed by atoms with Gasteiger partial charge in [-0.2, -0.15) is 0 Å². The van der Waals surface area contributed by atoms with Gasteiger partial charge in [-0.1, -0.05) is 43.0 Å². The molecule has 0 heteroatoms. The molecule has 0 amide bonds. The predicted molar refractivity (Wildman–Crippen MR) is 64.3 cm³/mol. The first-order chi connectivity index (χ1) is 6.86. The maximum atomic E-state index is 3.74. The summed E-state index contributed by atoms with van der Waals surface area (Å²) in [6.07, 6.45) is 8.66. The van der Waals surface area contributed by atoms with E-state index in [9.17, 15) is 0 Å². The molecule has 0 unspecified atom stereocenters. The van der Waals surface area contributed by atoms with E-state index in [1.54, 1.807) is 0 Å². The van der Waals surface area contributed by atoms with Crippen LogP contribution in [0.1, 0.15) is 30.4 Å². The molecule has 0 N–H and O–H groups in total. The van der Waals surface area contributed by atoms with Gasteiger partial charge in [-0.25, -0.2) is 0 Å². The lowest BCUT2D eigenvalue weighted by atomic mass is 10.1. The van der Waals surface area contributed by atoms with Crippen LogP contribution >= 0.6 is 0 Å². The lowest BCUT2D eigenvalue weighted by Gasteiger charge is -2.00. The Labute approximate surface area is 87.0 Å². The molecule has 0 aliphatic heterocycles. The Hall–Kier alpha value is -1.30. The topological polar surface area (TPSA) is 0 Å². The van der Waals surface area contributed by atoms with Crippen molar-refractivity contribution in [2.45, 2.75) is 25.7 Å². The second-order valence-electron chi connectivity index (χ2n) is 3.48. The van der Waals surface area contributed by atoms with Gasteiger partial charge in [-0.15, -0.1) is 6.58 Å². The molecule has 0 saturated carbocycles. The van der Waals surface area contributed by atoms with Gasteiger partial charge in [0, 0.05) is 0 Å². The van der Waals surface area contributed by atoms with E-state index in [2.05, 4.69) is 37.4 Å². The van der Waals surface area contributed by atoms with Gasteiger partial charge >= 0.3 is 0 Å². The SMILES string of the molecule is C=CCCCCc1ccc(C=C)cc1. The molecule has 0 nitrogen and oxygen atoms in total. The van der Waals surface area contributed by atoms with Crippen molar-refractivity contribution in [1.29, 1.82) is 0 Å². The van der Waals surface area contributed by atoms with E-state index in [1.807, 2.05) is 12.2 Å². The minimum absolute atomic E-state index is 1.13. The first kappa shape index (κ1) is 10.8. The molecular formula is C14H18. The van der Waals surface area contributed by atoms with E-state index in [0.717, 1.165) is 6.42 Å². The molecule has 0 aliphatic carbocycles. The summed E-state index contributed by atoms with van der Waals surface area (Å²) in [5.74, 6) is 0. The molecule has 0 radical (unpaired) electrons. The third kappa shape index (κ3) is 3.61. The van der Waals surface area contributed by atoms with Crippen LogP contribution in [-0.4, -0.2) is 0 Å². The summed E-state index contributed by atoms with van der Waals surface area (Å²) in [6.45, 7) is 7.45. The zero-order valence-electron chi connectivity index (χ0n) is 8.71. The maximum Gasteiger partial charge on any atom is -0.0262 e. The molecule has 1 aromatic carbocycles.